The van der Waals surface area contributed by atoms with Crippen molar-refractivity contribution in [2.24, 2.45) is 11.3 Å². The zero-order chi connectivity index (χ0) is 19.3. The van der Waals surface area contributed by atoms with Crippen molar-refractivity contribution in [3.8, 4) is 11.5 Å². The van der Waals surface area contributed by atoms with Crippen molar-refractivity contribution in [1.29, 1.82) is 0 Å². The molecule has 3 heteroatoms. The molecular weight excluding hydrogens is 324 g/mol. The van der Waals surface area contributed by atoms with Crippen molar-refractivity contribution in [1.82, 2.24) is 0 Å². The second-order valence-corrected chi connectivity index (χ2v) is 9.69. The van der Waals surface area contributed by atoms with Crippen molar-refractivity contribution in [3.63, 3.8) is 0 Å². The normalized spacial score (nSPS) is 30.0. The minimum absolute atomic E-state index is 0.0672. The van der Waals surface area contributed by atoms with E-state index < -0.39 is 0 Å². The lowest BCUT2D eigenvalue weighted by Gasteiger charge is -2.56. The molecule has 0 aromatic heterocycles. The number of aliphatic hydroxyl groups excluding tert-OH is 1. The predicted molar refractivity (Wildman–Crippen MR) is 106 cm³/mol. The van der Waals surface area contributed by atoms with Gasteiger partial charge < -0.3 is 14.9 Å². The van der Waals surface area contributed by atoms with Gasteiger partial charge in [0, 0.05) is 16.5 Å². The minimum Gasteiger partial charge on any atom is -0.504 e. The van der Waals surface area contributed by atoms with Gasteiger partial charge in [-0.25, -0.2) is 0 Å². The number of benzene rings is 1. The molecule has 2 aliphatic rings. The van der Waals surface area contributed by atoms with E-state index in [9.17, 15) is 10.2 Å². The molecule has 1 aromatic rings. The van der Waals surface area contributed by atoms with Gasteiger partial charge in [0.25, 0.3) is 0 Å². The van der Waals surface area contributed by atoms with Gasteiger partial charge in [0.1, 0.15) is 0 Å². The van der Waals surface area contributed by atoms with Gasteiger partial charge in [-0.1, -0.05) is 54.0 Å². The number of hydrogen-bond donors (Lipinski definition) is 2. The van der Waals surface area contributed by atoms with Crippen LogP contribution in [0.25, 0.3) is 0 Å². The molecule has 0 bridgehead atoms. The molecule has 2 aliphatic carbocycles. The van der Waals surface area contributed by atoms with Crippen molar-refractivity contribution in [2.45, 2.75) is 91.1 Å². The Bertz CT molecular complexity index is 677. The SMILES string of the molecule is CCCOc1c(C(C)C)cc2c(c1O)[C@@]1(C)CCCC(C)(C)C1[C@@H](O)C2. The Labute approximate surface area is 158 Å². The zero-order valence-corrected chi connectivity index (χ0v) is 17.4. The largest absolute Gasteiger partial charge is 0.504 e. The van der Waals surface area contributed by atoms with Gasteiger partial charge in [0.15, 0.2) is 11.5 Å². The number of phenolic OH excluding ortho intramolecular Hbond substituents is 1. The van der Waals surface area contributed by atoms with Gasteiger partial charge >= 0.3 is 0 Å². The summed E-state index contributed by atoms with van der Waals surface area (Å²) in [6.07, 6.45) is 4.45. The van der Waals surface area contributed by atoms with Crippen LogP contribution in [0.1, 0.15) is 89.8 Å². The summed E-state index contributed by atoms with van der Waals surface area (Å²) in [7, 11) is 0. The summed E-state index contributed by atoms with van der Waals surface area (Å²) < 4.78 is 6.04. The van der Waals surface area contributed by atoms with E-state index in [0.29, 0.717) is 24.5 Å². The second-order valence-electron chi connectivity index (χ2n) is 9.69. The van der Waals surface area contributed by atoms with E-state index in [1.165, 1.54) is 0 Å². The number of rotatable bonds is 4. The van der Waals surface area contributed by atoms with E-state index in [2.05, 4.69) is 47.6 Å². The lowest BCUT2D eigenvalue weighted by molar-refractivity contribution is -0.0543. The quantitative estimate of drug-likeness (QED) is 0.765. The fourth-order valence-corrected chi connectivity index (χ4v) is 5.96. The first kappa shape index (κ1) is 19.5. The highest BCUT2D eigenvalue weighted by Crippen LogP contribution is 2.60. The molecule has 0 amide bonds. The average molecular weight is 361 g/mol. The van der Waals surface area contributed by atoms with Gasteiger partial charge in [-0.3, -0.25) is 0 Å². The Hall–Kier alpha value is -1.22. The molecule has 0 heterocycles. The molecule has 1 saturated carbocycles. The van der Waals surface area contributed by atoms with Crippen LogP contribution in [-0.2, 0) is 11.8 Å². The lowest BCUT2D eigenvalue weighted by Crippen LogP contribution is -2.54. The molecule has 3 nitrogen and oxygen atoms in total. The summed E-state index contributed by atoms with van der Waals surface area (Å²) in [5.74, 6) is 1.42. The summed E-state index contributed by atoms with van der Waals surface area (Å²) in [6, 6.07) is 2.19. The van der Waals surface area contributed by atoms with Gasteiger partial charge in [-0.05, 0) is 48.5 Å². The highest BCUT2D eigenvalue weighted by Gasteiger charge is 2.55. The van der Waals surface area contributed by atoms with Crippen LogP contribution in [0.4, 0.5) is 0 Å². The molecule has 0 saturated heterocycles. The first-order chi connectivity index (χ1) is 12.1. The summed E-state index contributed by atoms with van der Waals surface area (Å²) in [5, 5.41) is 22.4. The summed E-state index contributed by atoms with van der Waals surface area (Å²) >= 11 is 0. The lowest BCUT2D eigenvalue weighted by atomic mass is 9.49. The Kier molecular flexibility index (Phi) is 5.07. The molecule has 1 fully saturated rings. The number of aromatic hydroxyl groups is 1. The monoisotopic (exact) mass is 360 g/mol. The van der Waals surface area contributed by atoms with Crippen molar-refractivity contribution < 1.29 is 14.9 Å². The summed E-state index contributed by atoms with van der Waals surface area (Å²) in [5.41, 5.74) is 3.06. The van der Waals surface area contributed by atoms with E-state index in [0.717, 1.165) is 42.4 Å². The van der Waals surface area contributed by atoms with E-state index >= 15 is 0 Å². The van der Waals surface area contributed by atoms with Gasteiger partial charge in [0.2, 0.25) is 0 Å². The molecule has 26 heavy (non-hydrogen) atoms. The molecule has 2 N–H and O–H groups in total. The first-order valence-electron chi connectivity index (χ1n) is 10.3. The average Bonchev–Trinajstić information content (AvgIpc) is 2.51. The molecule has 0 aliphatic heterocycles. The van der Waals surface area contributed by atoms with E-state index in [1.807, 2.05) is 0 Å². The standard InChI is InChI=1S/C23H36O3/c1-7-11-26-20-16(14(2)3)12-15-13-17(24)21-22(4,5)9-8-10-23(21,6)18(15)19(20)25/h12,14,17,21,24-25H,7-11,13H2,1-6H3/t17-,21?,23+/m0/s1. The minimum atomic E-state index is -0.357. The number of aliphatic hydroxyl groups is 1. The maximum absolute atomic E-state index is 11.3. The molecular formula is C23H36O3. The van der Waals surface area contributed by atoms with Crippen molar-refractivity contribution in [3.05, 3.63) is 22.8 Å². The van der Waals surface area contributed by atoms with Crippen LogP contribution in [-0.4, -0.2) is 22.9 Å². The molecule has 1 unspecified atom stereocenters. The first-order valence-corrected chi connectivity index (χ1v) is 10.3. The molecule has 1 aromatic carbocycles. The Balaban J connectivity index is 2.22. The fraction of sp³-hybridized carbons (Fsp3) is 0.739. The predicted octanol–water partition coefficient (Wildman–Crippen LogP) is 5.31. The zero-order valence-electron chi connectivity index (χ0n) is 17.4. The number of phenols is 1. The van der Waals surface area contributed by atoms with E-state index in [1.54, 1.807) is 0 Å². The third-order valence-electron chi connectivity index (χ3n) is 6.87. The molecule has 3 atom stereocenters. The number of hydrogen-bond acceptors (Lipinski definition) is 3. The van der Waals surface area contributed by atoms with Crippen molar-refractivity contribution in [2.75, 3.05) is 6.61 Å². The molecule has 3 rings (SSSR count). The Morgan fingerprint density at radius 2 is 1.92 bits per heavy atom. The number of fused-ring (bicyclic) bond motifs is 3. The van der Waals surface area contributed by atoms with Crippen LogP contribution in [0.5, 0.6) is 11.5 Å². The van der Waals surface area contributed by atoms with Crippen LogP contribution < -0.4 is 4.74 Å². The van der Waals surface area contributed by atoms with Crippen LogP contribution >= 0.6 is 0 Å². The van der Waals surface area contributed by atoms with Gasteiger partial charge in [-0.2, -0.15) is 0 Å². The van der Waals surface area contributed by atoms with E-state index in [4.69, 9.17) is 4.74 Å². The maximum Gasteiger partial charge on any atom is 0.164 e. The van der Waals surface area contributed by atoms with Crippen LogP contribution in [0, 0.1) is 11.3 Å². The Morgan fingerprint density at radius 3 is 2.54 bits per heavy atom. The van der Waals surface area contributed by atoms with Gasteiger partial charge in [-0.15, -0.1) is 0 Å². The van der Waals surface area contributed by atoms with Crippen LogP contribution in [0.15, 0.2) is 6.07 Å². The Morgan fingerprint density at radius 1 is 1.23 bits per heavy atom. The smallest absolute Gasteiger partial charge is 0.164 e. The van der Waals surface area contributed by atoms with Gasteiger partial charge in [0.05, 0.1) is 12.7 Å². The van der Waals surface area contributed by atoms with E-state index in [-0.39, 0.29) is 28.8 Å². The molecule has 146 valence electrons. The third-order valence-corrected chi connectivity index (χ3v) is 6.87. The molecule has 0 radical (unpaired) electrons. The number of ether oxygens (including phenoxy) is 1. The topological polar surface area (TPSA) is 49.7 Å². The summed E-state index contributed by atoms with van der Waals surface area (Å²) in [6.45, 7) is 13.8. The molecule has 0 spiro atoms. The highest BCUT2D eigenvalue weighted by atomic mass is 16.5. The van der Waals surface area contributed by atoms with Crippen molar-refractivity contribution >= 4 is 0 Å². The fourth-order valence-electron chi connectivity index (χ4n) is 5.96. The highest BCUT2D eigenvalue weighted by molar-refractivity contribution is 5.60. The second kappa shape index (κ2) is 6.74. The summed E-state index contributed by atoms with van der Waals surface area (Å²) in [4.78, 5) is 0. The van der Waals surface area contributed by atoms with Crippen LogP contribution in [0.2, 0.25) is 0 Å². The third kappa shape index (κ3) is 2.93. The maximum atomic E-state index is 11.3. The van der Waals surface area contributed by atoms with Crippen LogP contribution in [0.3, 0.4) is 0 Å².